The van der Waals surface area contributed by atoms with Crippen LogP contribution in [0.5, 0.6) is 0 Å². The van der Waals surface area contributed by atoms with Crippen LogP contribution in [0, 0.1) is 0 Å². The van der Waals surface area contributed by atoms with Gasteiger partial charge in [0, 0.05) is 0 Å². The number of carbonyl (C=O) groups excluding carboxylic acids is 1. The zero-order valence-electron chi connectivity index (χ0n) is 11.5. The van der Waals surface area contributed by atoms with Crippen molar-refractivity contribution in [2.24, 2.45) is 0 Å². The molecule has 1 heterocycles. The van der Waals surface area contributed by atoms with Crippen molar-refractivity contribution >= 4 is 13.8 Å². The fraction of sp³-hybridized carbons (Fsp3) is 0.727. The number of hydrogen-bond acceptors (Lipinski definition) is 7. The third-order valence-corrected chi connectivity index (χ3v) is 3.07. The van der Waals surface area contributed by atoms with Crippen LogP contribution >= 0.6 is 7.82 Å². The Hall–Kier alpha value is -1.12. The van der Waals surface area contributed by atoms with E-state index in [0.29, 0.717) is 6.42 Å². The van der Waals surface area contributed by atoms with Crippen LogP contribution in [0.15, 0.2) is 11.5 Å². The van der Waals surface area contributed by atoms with Crippen molar-refractivity contribution in [3.63, 3.8) is 0 Å². The molecule has 0 radical (unpaired) electrons. The molecule has 0 fully saturated rings. The normalized spacial score (nSPS) is 20.4. The first kappa shape index (κ1) is 17.9. The van der Waals surface area contributed by atoms with Gasteiger partial charge in [0.25, 0.3) is 5.76 Å². The highest BCUT2D eigenvalue weighted by Gasteiger charge is 2.44. The largest absolute Gasteiger partial charge is 0.525 e. The molecular formula is C11H19O9P. The minimum atomic E-state index is -4.98. The molecule has 0 aromatic heterocycles. The van der Waals surface area contributed by atoms with Crippen molar-refractivity contribution in [1.82, 2.24) is 0 Å². The number of hydrogen-bond donors (Lipinski definition) is 4. The van der Waals surface area contributed by atoms with Gasteiger partial charge in [-0.3, -0.25) is 9.79 Å². The monoisotopic (exact) mass is 326 g/mol. The van der Waals surface area contributed by atoms with Crippen molar-refractivity contribution in [3.05, 3.63) is 11.5 Å². The molecule has 1 rings (SSSR count). The summed E-state index contributed by atoms with van der Waals surface area (Å²) in [5.74, 6) is -2.26. The molecule has 9 nitrogen and oxygen atoms in total. The molecule has 0 bridgehead atoms. The number of esters is 1. The average Bonchev–Trinajstić information content (AvgIpc) is 2.69. The van der Waals surface area contributed by atoms with Gasteiger partial charge < -0.3 is 24.2 Å². The van der Waals surface area contributed by atoms with Crippen LogP contribution in [0.4, 0.5) is 0 Å². The van der Waals surface area contributed by atoms with E-state index in [-0.39, 0.29) is 12.4 Å². The van der Waals surface area contributed by atoms with Crippen molar-refractivity contribution in [3.8, 4) is 0 Å². The van der Waals surface area contributed by atoms with Gasteiger partial charge in [0.05, 0.1) is 13.2 Å². The Kier molecular flexibility index (Phi) is 6.63. The zero-order chi connectivity index (χ0) is 16.0. The van der Waals surface area contributed by atoms with Crippen LogP contribution in [0.3, 0.4) is 0 Å². The van der Waals surface area contributed by atoms with E-state index in [1.54, 1.807) is 0 Å². The van der Waals surface area contributed by atoms with Gasteiger partial charge in [0.2, 0.25) is 0 Å². The van der Waals surface area contributed by atoms with E-state index in [4.69, 9.17) is 24.4 Å². The second kappa shape index (κ2) is 7.77. The summed E-state index contributed by atoms with van der Waals surface area (Å²) in [6.07, 6.45) is -0.422. The van der Waals surface area contributed by atoms with Gasteiger partial charge in [-0.1, -0.05) is 19.8 Å². The standard InChI is InChI=1S/C11H19O9P/c1-2-3-4-5-18-9-8(7(13)6-12)19-11(14)10(9)20-21(15,16)17/h7-8,12-13H,2-6H2,1H3,(H2,15,16,17)/t7-,8+/m0/s1. The maximum absolute atomic E-state index is 11.6. The molecule has 0 unspecified atom stereocenters. The number of ether oxygens (including phenoxy) is 2. The van der Waals surface area contributed by atoms with Gasteiger partial charge in [0.15, 0.2) is 11.9 Å². The number of aliphatic hydroxyl groups is 2. The van der Waals surface area contributed by atoms with E-state index in [1.807, 2.05) is 6.92 Å². The van der Waals surface area contributed by atoms with Crippen molar-refractivity contribution in [2.75, 3.05) is 13.2 Å². The number of aliphatic hydroxyl groups excluding tert-OH is 2. The van der Waals surface area contributed by atoms with E-state index in [0.717, 1.165) is 12.8 Å². The van der Waals surface area contributed by atoms with Gasteiger partial charge in [-0.25, -0.2) is 9.36 Å². The molecule has 0 saturated carbocycles. The van der Waals surface area contributed by atoms with E-state index < -0.39 is 38.4 Å². The minimum Gasteiger partial charge on any atom is -0.490 e. The molecule has 0 spiro atoms. The fourth-order valence-corrected chi connectivity index (χ4v) is 2.09. The Morgan fingerprint density at radius 1 is 1.38 bits per heavy atom. The molecule has 10 heteroatoms. The summed E-state index contributed by atoms with van der Waals surface area (Å²) in [7, 11) is -4.98. The molecule has 0 aromatic carbocycles. The van der Waals surface area contributed by atoms with Gasteiger partial charge >= 0.3 is 13.8 Å². The van der Waals surface area contributed by atoms with E-state index in [2.05, 4.69) is 4.52 Å². The first-order chi connectivity index (χ1) is 9.80. The summed E-state index contributed by atoms with van der Waals surface area (Å²) in [4.78, 5) is 29.1. The predicted octanol–water partition coefficient (Wildman–Crippen LogP) is -0.207. The average molecular weight is 326 g/mol. The lowest BCUT2D eigenvalue weighted by Crippen LogP contribution is -2.32. The van der Waals surface area contributed by atoms with E-state index in [9.17, 15) is 14.5 Å². The molecule has 0 saturated heterocycles. The first-order valence-corrected chi connectivity index (χ1v) is 7.95. The third kappa shape index (κ3) is 5.29. The number of cyclic esters (lactones) is 1. The summed E-state index contributed by atoms with van der Waals surface area (Å²) < 4.78 is 25.1. The second-order valence-electron chi connectivity index (χ2n) is 4.41. The number of unbranched alkanes of at least 4 members (excludes halogenated alkanes) is 2. The molecule has 0 amide bonds. The van der Waals surface area contributed by atoms with Gasteiger partial charge in [-0.2, -0.15) is 0 Å². The molecule has 4 N–H and O–H groups in total. The highest BCUT2D eigenvalue weighted by atomic mass is 31.2. The number of phosphoric acid groups is 1. The maximum atomic E-state index is 11.6. The summed E-state index contributed by atoms with van der Waals surface area (Å²) in [6, 6.07) is 0. The topological polar surface area (TPSA) is 143 Å². The zero-order valence-corrected chi connectivity index (χ0v) is 12.4. The lowest BCUT2D eigenvalue weighted by Gasteiger charge is -2.18. The molecule has 1 aliphatic heterocycles. The van der Waals surface area contributed by atoms with Gasteiger partial charge in [-0.05, 0) is 6.42 Å². The van der Waals surface area contributed by atoms with E-state index in [1.165, 1.54) is 0 Å². The van der Waals surface area contributed by atoms with E-state index >= 15 is 0 Å². The summed E-state index contributed by atoms with van der Waals surface area (Å²) in [5.41, 5.74) is 0. The summed E-state index contributed by atoms with van der Waals surface area (Å²) in [5, 5.41) is 18.5. The molecule has 122 valence electrons. The molecular weight excluding hydrogens is 307 g/mol. The third-order valence-electron chi connectivity index (χ3n) is 2.65. The SMILES string of the molecule is CCCCCOC1=C(OP(=O)(O)O)C(=O)O[C@@H]1[C@@H](O)CO. The van der Waals surface area contributed by atoms with Gasteiger partial charge in [0.1, 0.15) is 6.10 Å². The Morgan fingerprint density at radius 2 is 2.05 bits per heavy atom. The minimum absolute atomic E-state index is 0.155. The molecule has 0 aromatic rings. The summed E-state index contributed by atoms with van der Waals surface area (Å²) in [6.45, 7) is 1.41. The predicted molar refractivity (Wildman–Crippen MR) is 68.6 cm³/mol. The maximum Gasteiger partial charge on any atom is 0.525 e. The van der Waals surface area contributed by atoms with Crippen LogP contribution in [0.1, 0.15) is 26.2 Å². The molecule has 0 aliphatic carbocycles. The van der Waals surface area contributed by atoms with Crippen LogP contribution in [-0.2, 0) is 23.4 Å². The first-order valence-electron chi connectivity index (χ1n) is 6.42. The van der Waals surface area contributed by atoms with Crippen molar-refractivity contribution in [1.29, 1.82) is 0 Å². The number of phosphoric ester groups is 1. The Balaban J connectivity index is 2.93. The highest BCUT2D eigenvalue weighted by molar-refractivity contribution is 7.46. The van der Waals surface area contributed by atoms with Crippen LogP contribution < -0.4 is 0 Å². The molecule has 1 aliphatic rings. The molecule has 21 heavy (non-hydrogen) atoms. The Bertz CT molecular complexity index is 441. The Morgan fingerprint density at radius 3 is 2.57 bits per heavy atom. The van der Waals surface area contributed by atoms with Gasteiger partial charge in [-0.15, -0.1) is 0 Å². The lowest BCUT2D eigenvalue weighted by atomic mass is 10.2. The van der Waals surface area contributed by atoms with Crippen molar-refractivity contribution in [2.45, 2.75) is 38.4 Å². The number of carbonyl (C=O) groups is 1. The summed E-state index contributed by atoms with van der Waals surface area (Å²) >= 11 is 0. The van der Waals surface area contributed by atoms with Crippen molar-refractivity contribution < 1.29 is 43.4 Å². The van der Waals surface area contributed by atoms with Crippen LogP contribution in [-0.4, -0.2) is 51.4 Å². The number of rotatable bonds is 9. The smallest absolute Gasteiger partial charge is 0.490 e. The van der Waals surface area contributed by atoms with Crippen LogP contribution in [0.2, 0.25) is 0 Å². The lowest BCUT2D eigenvalue weighted by molar-refractivity contribution is -0.148. The second-order valence-corrected chi connectivity index (χ2v) is 5.57. The fourth-order valence-electron chi connectivity index (χ4n) is 1.68. The Labute approximate surface area is 121 Å². The molecule has 2 atom stereocenters. The van der Waals surface area contributed by atoms with Crippen LogP contribution in [0.25, 0.3) is 0 Å². The highest BCUT2D eigenvalue weighted by Crippen LogP contribution is 2.42. The quantitative estimate of drug-likeness (QED) is 0.257.